The molecule has 2 aromatic carbocycles. The van der Waals surface area contributed by atoms with Crippen molar-refractivity contribution in [1.29, 1.82) is 0 Å². The first-order valence-electron chi connectivity index (χ1n) is 9.25. The third-order valence-corrected chi connectivity index (χ3v) is 4.69. The predicted octanol–water partition coefficient (Wildman–Crippen LogP) is 3.49. The van der Waals surface area contributed by atoms with E-state index in [1.807, 2.05) is 61.6 Å². The summed E-state index contributed by atoms with van der Waals surface area (Å²) >= 11 is 0. The van der Waals surface area contributed by atoms with Crippen molar-refractivity contribution < 1.29 is 9.53 Å². The number of carbonyl (C=O) groups is 1. The van der Waals surface area contributed by atoms with Gasteiger partial charge in [-0.25, -0.2) is 0 Å². The Labute approximate surface area is 155 Å². The van der Waals surface area contributed by atoms with Gasteiger partial charge in [0.1, 0.15) is 11.5 Å². The largest absolute Gasteiger partial charge is 0.457 e. The minimum absolute atomic E-state index is 0.0494. The molecule has 1 atom stereocenters. The first-order chi connectivity index (χ1) is 12.7. The molecule has 0 radical (unpaired) electrons. The Morgan fingerprint density at radius 1 is 1.12 bits per heavy atom. The number of hydrogen-bond donors (Lipinski definition) is 2. The van der Waals surface area contributed by atoms with E-state index in [2.05, 4.69) is 15.5 Å². The van der Waals surface area contributed by atoms with Crippen molar-refractivity contribution in [2.24, 2.45) is 0 Å². The molecule has 5 heteroatoms. The van der Waals surface area contributed by atoms with E-state index >= 15 is 0 Å². The van der Waals surface area contributed by atoms with Gasteiger partial charge in [-0.3, -0.25) is 4.79 Å². The number of amides is 1. The highest BCUT2D eigenvalue weighted by atomic mass is 16.5. The molecule has 1 aliphatic heterocycles. The number of nitrogens with zero attached hydrogens (tertiary/aromatic N) is 1. The molecular formula is C21H27N3O2. The number of hydrogen-bond acceptors (Lipinski definition) is 4. The van der Waals surface area contributed by atoms with Crippen LogP contribution in [0.5, 0.6) is 11.5 Å². The second kappa shape index (κ2) is 9.36. The fraction of sp³-hybridized carbons (Fsp3) is 0.381. The normalized spacial score (nSPS) is 17.7. The van der Waals surface area contributed by atoms with Gasteiger partial charge in [-0.05, 0) is 62.8 Å². The summed E-state index contributed by atoms with van der Waals surface area (Å²) < 4.78 is 5.76. The van der Waals surface area contributed by atoms with Crippen LogP contribution in [0.25, 0.3) is 0 Å². The van der Waals surface area contributed by atoms with Crippen LogP contribution in [0.3, 0.4) is 0 Å². The maximum Gasteiger partial charge on any atom is 0.225 e. The summed E-state index contributed by atoms with van der Waals surface area (Å²) in [4.78, 5) is 14.6. The van der Waals surface area contributed by atoms with Crippen LogP contribution in [-0.4, -0.2) is 43.5 Å². The Hall–Kier alpha value is -2.37. The van der Waals surface area contributed by atoms with Crippen molar-refractivity contribution in [2.45, 2.75) is 25.3 Å². The van der Waals surface area contributed by atoms with Gasteiger partial charge in [0.15, 0.2) is 0 Å². The monoisotopic (exact) mass is 353 g/mol. The second-order valence-corrected chi connectivity index (χ2v) is 6.67. The highest BCUT2D eigenvalue weighted by molar-refractivity contribution is 5.90. The summed E-state index contributed by atoms with van der Waals surface area (Å²) in [5.41, 5.74) is 0.794. The Bertz CT molecular complexity index is 688. The van der Waals surface area contributed by atoms with Crippen LogP contribution in [0.1, 0.15) is 19.3 Å². The van der Waals surface area contributed by atoms with E-state index in [0.717, 1.165) is 36.8 Å². The highest BCUT2D eigenvalue weighted by Crippen LogP contribution is 2.22. The lowest BCUT2D eigenvalue weighted by molar-refractivity contribution is -0.116. The van der Waals surface area contributed by atoms with Crippen LogP contribution in [0.4, 0.5) is 5.69 Å². The van der Waals surface area contributed by atoms with Gasteiger partial charge in [0, 0.05) is 31.2 Å². The minimum Gasteiger partial charge on any atom is -0.457 e. The van der Waals surface area contributed by atoms with E-state index in [9.17, 15) is 4.79 Å². The van der Waals surface area contributed by atoms with Crippen molar-refractivity contribution in [3.63, 3.8) is 0 Å². The summed E-state index contributed by atoms with van der Waals surface area (Å²) in [6.07, 6.45) is 2.92. The fourth-order valence-corrected chi connectivity index (χ4v) is 3.21. The molecule has 1 amide bonds. The van der Waals surface area contributed by atoms with Crippen molar-refractivity contribution in [3.05, 3.63) is 54.6 Å². The first kappa shape index (κ1) is 18.4. The van der Waals surface area contributed by atoms with Gasteiger partial charge >= 0.3 is 0 Å². The maximum absolute atomic E-state index is 12.2. The molecule has 1 fully saturated rings. The number of anilines is 1. The third kappa shape index (κ3) is 5.58. The molecule has 0 bridgehead atoms. The van der Waals surface area contributed by atoms with Crippen molar-refractivity contribution >= 4 is 11.6 Å². The number of likely N-dealkylation sites (tertiary alicyclic amines) is 1. The van der Waals surface area contributed by atoms with Crippen LogP contribution in [0.15, 0.2) is 54.6 Å². The Morgan fingerprint density at radius 2 is 1.85 bits per heavy atom. The zero-order valence-electron chi connectivity index (χ0n) is 15.3. The number of likely N-dealkylation sites (N-methyl/N-ethyl adjacent to an activating group) is 1. The number of ether oxygens (including phenoxy) is 1. The number of piperidine rings is 1. The third-order valence-electron chi connectivity index (χ3n) is 4.69. The molecule has 0 aliphatic carbocycles. The molecule has 1 saturated heterocycles. The lowest BCUT2D eigenvalue weighted by atomic mass is 10.1. The van der Waals surface area contributed by atoms with Gasteiger partial charge in [0.05, 0.1) is 0 Å². The van der Waals surface area contributed by atoms with Crippen molar-refractivity contribution in [3.8, 4) is 11.5 Å². The highest BCUT2D eigenvalue weighted by Gasteiger charge is 2.18. The molecule has 1 heterocycles. The Kier molecular flexibility index (Phi) is 6.63. The SMILES string of the molecule is CNC1CCCN(CCC(=O)Nc2ccc(Oc3ccccc3)cc2)C1. The van der Waals surface area contributed by atoms with Gasteiger partial charge in [0.25, 0.3) is 0 Å². The van der Waals surface area contributed by atoms with E-state index in [4.69, 9.17) is 4.74 Å². The molecule has 5 nitrogen and oxygen atoms in total. The van der Waals surface area contributed by atoms with E-state index in [-0.39, 0.29) is 5.91 Å². The number of nitrogens with one attached hydrogen (secondary N) is 2. The molecule has 26 heavy (non-hydrogen) atoms. The van der Waals surface area contributed by atoms with Crippen LogP contribution in [0.2, 0.25) is 0 Å². The fourth-order valence-electron chi connectivity index (χ4n) is 3.21. The quantitative estimate of drug-likeness (QED) is 0.800. The van der Waals surface area contributed by atoms with Gasteiger partial charge in [-0.1, -0.05) is 18.2 Å². The topological polar surface area (TPSA) is 53.6 Å². The summed E-state index contributed by atoms with van der Waals surface area (Å²) in [5, 5.41) is 6.29. The van der Waals surface area contributed by atoms with Gasteiger partial charge < -0.3 is 20.3 Å². The number of para-hydroxylation sites is 1. The van der Waals surface area contributed by atoms with Gasteiger partial charge in [-0.15, -0.1) is 0 Å². The molecule has 1 unspecified atom stereocenters. The molecule has 138 valence electrons. The second-order valence-electron chi connectivity index (χ2n) is 6.67. The smallest absolute Gasteiger partial charge is 0.225 e. The van der Waals surface area contributed by atoms with Crippen LogP contribution in [0, 0.1) is 0 Å². The lowest BCUT2D eigenvalue weighted by Gasteiger charge is -2.32. The van der Waals surface area contributed by atoms with Crippen molar-refractivity contribution in [1.82, 2.24) is 10.2 Å². The summed E-state index contributed by atoms with van der Waals surface area (Å²) in [5.74, 6) is 1.60. The Morgan fingerprint density at radius 3 is 2.58 bits per heavy atom. The molecule has 0 aromatic heterocycles. The van der Waals surface area contributed by atoms with E-state index < -0.39 is 0 Å². The standard InChI is InChI=1S/C21H27N3O2/c1-22-18-6-5-14-24(16-18)15-13-21(25)23-17-9-11-20(12-10-17)26-19-7-3-2-4-8-19/h2-4,7-12,18,22H,5-6,13-16H2,1H3,(H,23,25). The molecular weight excluding hydrogens is 326 g/mol. The summed E-state index contributed by atoms with van der Waals surface area (Å²) in [7, 11) is 2.01. The predicted molar refractivity (Wildman–Crippen MR) is 105 cm³/mol. The lowest BCUT2D eigenvalue weighted by Crippen LogP contribution is -2.45. The average molecular weight is 353 g/mol. The van der Waals surface area contributed by atoms with Crippen LogP contribution < -0.4 is 15.4 Å². The van der Waals surface area contributed by atoms with E-state index in [0.29, 0.717) is 12.5 Å². The molecule has 3 rings (SSSR count). The number of rotatable bonds is 7. The maximum atomic E-state index is 12.2. The van der Waals surface area contributed by atoms with E-state index in [1.54, 1.807) is 0 Å². The summed E-state index contributed by atoms with van der Waals surface area (Å²) in [6.45, 7) is 2.91. The molecule has 2 aromatic rings. The number of carbonyl (C=O) groups excluding carboxylic acids is 1. The van der Waals surface area contributed by atoms with Crippen molar-refractivity contribution in [2.75, 3.05) is 32.0 Å². The zero-order valence-corrected chi connectivity index (χ0v) is 15.3. The van der Waals surface area contributed by atoms with Gasteiger partial charge in [-0.2, -0.15) is 0 Å². The van der Waals surface area contributed by atoms with Gasteiger partial charge in [0.2, 0.25) is 5.91 Å². The molecule has 2 N–H and O–H groups in total. The van der Waals surface area contributed by atoms with Crippen LogP contribution >= 0.6 is 0 Å². The van der Waals surface area contributed by atoms with Crippen LogP contribution in [-0.2, 0) is 4.79 Å². The number of benzene rings is 2. The minimum atomic E-state index is 0.0494. The zero-order chi connectivity index (χ0) is 18.2. The molecule has 0 saturated carbocycles. The van der Waals surface area contributed by atoms with E-state index in [1.165, 1.54) is 12.8 Å². The summed E-state index contributed by atoms with van der Waals surface area (Å²) in [6, 6.07) is 17.7. The molecule has 0 spiro atoms. The Balaban J connectivity index is 1.44. The average Bonchev–Trinajstić information content (AvgIpc) is 2.69. The molecule has 1 aliphatic rings. The first-order valence-corrected chi connectivity index (χ1v) is 9.25.